The third-order valence-electron chi connectivity index (χ3n) is 6.06. The molecule has 2 aliphatic rings. The molecule has 30 heavy (non-hydrogen) atoms. The zero-order chi connectivity index (χ0) is 21.7. The van der Waals surface area contributed by atoms with Crippen LogP contribution in [0.4, 0.5) is 22.0 Å². The van der Waals surface area contributed by atoms with Crippen LogP contribution in [0, 0.1) is 11.8 Å². The predicted molar refractivity (Wildman–Crippen MR) is 96.6 cm³/mol. The average Bonchev–Trinajstić information content (AvgIpc) is 3.24. The highest BCUT2D eigenvalue weighted by molar-refractivity contribution is 5.81. The number of imidazole rings is 1. The van der Waals surface area contributed by atoms with E-state index >= 15 is 0 Å². The maximum absolute atomic E-state index is 13.4. The van der Waals surface area contributed by atoms with Gasteiger partial charge in [-0.3, -0.25) is 4.79 Å². The molecular formula is C19H22F5N5O. The van der Waals surface area contributed by atoms with Gasteiger partial charge >= 0.3 is 6.18 Å². The van der Waals surface area contributed by atoms with Gasteiger partial charge in [0.1, 0.15) is 6.04 Å². The molecule has 1 aliphatic heterocycles. The van der Waals surface area contributed by atoms with E-state index in [9.17, 15) is 26.7 Å². The van der Waals surface area contributed by atoms with Crippen LogP contribution in [0.15, 0.2) is 18.3 Å². The Hall–Kier alpha value is -2.30. The number of nitrogens with two attached hydrogens (primary N) is 1. The summed E-state index contributed by atoms with van der Waals surface area (Å²) >= 11 is 0. The fourth-order valence-electron chi connectivity index (χ4n) is 4.26. The largest absolute Gasteiger partial charge is 0.408 e. The standard InChI is InChI=1S/C19H22F5N5O/c20-18(21)5-3-10(4-6-18)16(25)13-9-29-15(26-13)2-1-12(28-29)7-11-8-14(19(22,23)24)27-17(11)30/h1-2,9-11,14,16H,3-8,25H2,(H,27,30)/t11-,14-,16-/m0/s1. The molecule has 3 atom stereocenters. The lowest BCUT2D eigenvalue weighted by atomic mass is 9.81. The van der Waals surface area contributed by atoms with Crippen LogP contribution < -0.4 is 11.1 Å². The summed E-state index contributed by atoms with van der Waals surface area (Å²) in [5.74, 6) is -4.18. The molecule has 3 N–H and O–H groups in total. The highest BCUT2D eigenvalue weighted by Gasteiger charge is 2.47. The van der Waals surface area contributed by atoms with E-state index in [-0.39, 0.29) is 31.6 Å². The molecule has 11 heteroatoms. The Balaban J connectivity index is 1.46. The van der Waals surface area contributed by atoms with Gasteiger partial charge in [0.25, 0.3) is 0 Å². The van der Waals surface area contributed by atoms with E-state index in [0.717, 1.165) is 0 Å². The quantitative estimate of drug-likeness (QED) is 0.729. The smallest absolute Gasteiger partial charge is 0.344 e. The van der Waals surface area contributed by atoms with Crippen LogP contribution in [-0.4, -0.2) is 38.6 Å². The summed E-state index contributed by atoms with van der Waals surface area (Å²) in [7, 11) is 0. The molecule has 1 amide bonds. The van der Waals surface area contributed by atoms with Gasteiger partial charge in [-0.2, -0.15) is 18.3 Å². The summed E-state index contributed by atoms with van der Waals surface area (Å²) in [5, 5.41) is 6.33. The fraction of sp³-hybridized carbons (Fsp3) is 0.632. The summed E-state index contributed by atoms with van der Waals surface area (Å²) in [6.45, 7) is 0. The lowest BCUT2D eigenvalue weighted by Crippen LogP contribution is -2.38. The molecule has 0 unspecified atom stereocenters. The number of fused-ring (bicyclic) bond motifs is 1. The number of amides is 1. The van der Waals surface area contributed by atoms with E-state index in [2.05, 4.69) is 10.1 Å². The monoisotopic (exact) mass is 431 g/mol. The number of halogens is 5. The van der Waals surface area contributed by atoms with Crippen molar-refractivity contribution in [2.24, 2.45) is 17.6 Å². The first-order valence-electron chi connectivity index (χ1n) is 9.87. The third-order valence-corrected chi connectivity index (χ3v) is 6.06. The van der Waals surface area contributed by atoms with Crippen molar-refractivity contribution in [3.8, 4) is 0 Å². The van der Waals surface area contributed by atoms with E-state index in [1.165, 1.54) is 4.52 Å². The van der Waals surface area contributed by atoms with Crippen molar-refractivity contribution in [1.29, 1.82) is 0 Å². The highest BCUT2D eigenvalue weighted by atomic mass is 19.4. The lowest BCUT2D eigenvalue weighted by molar-refractivity contribution is -0.154. The van der Waals surface area contributed by atoms with E-state index in [1.807, 2.05) is 5.32 Å². The highest BCUT2D eigenvalue weighted by Crippen LogP contribution is 2.40. The molecule has 0 spiro atoms. The van der Waals surface area contributed by atoms with Gasteiger partial charge in [-0.1, -0.05) is 0 Å². The van der Waals surface area contributed by atoms with E-state index in [0.29, 0.717) is 29.9 Å². The average molecular weight is 431 g/mol. The Labute approximate surface area is 169 Å². The van der Waals surface area contributed by atoms with E-state index < -0.39 is 36.0 Å². The summed E-state index contributed by atoms with van der Waals surface area (Å²) in [6.07, 6.45) is -2.85. The van der Waals surface area contributed by atoms with Crippen molar-refractivity contribution in [2.75, 3.05) is 0 Å². The van der Waals surface area contributed by atoms with Crippen molar-refractivity contribution in [2.45, 2.75) is 62.7 Å². The predicted octanol–water partition coefficient (Wildman–Crippen LogP) is 3.16. The van der Waals surface area contributed by atoms with Gasteiger partial charge in [-0.25, -0.2) is 18.3 Å². The van der Waals surface area contributed by atoms with Gasteiger partial charge < -0.3 is 11.1 Å². The summed E-state index contributed by atoms with van der Waals surface area (Å²) < 4.78 is 66.7. The van der Waals surface area contributed by atoms with Gasteiger partial charge in [0.05, 0.1) is 23.6 Å². The minimum atomic E-state index is -4.47. The molecule has 0 radical (unpaired) electrons. The number of carbonyl (C=O) groups excluding carboxylic acids is 1. The molecule has 1 aliphatic carbocycles. The minimum absolute atomic E-state index is 0.0750. The number of hydrogen-bond acceptors (Lipinski definition) is 4. The molecule has 1 saturated carbocycles. The van der Waals surface area contributed by atoms with Crippen LogP contribution >= 0.6 is 0 Å². The van der Waals surface area contributed by atoms with Crippen molar-refractivity contribution in [3.05, 3.63) is 29.7 Å². The number of nitrogens with one attached hydrogen (secondary N) is 1. The Morgan fingerprint density at radius 2 is 1.97 bits per heavy atom. The number of alkyl halides is 5. The van der Waals surface area contributed by atoms with E-state index in [1.54, 1.807) is 18.3 Å². The minimum Gasteiger partial charge on any atom is -0.344 e. The fourth-order valence-corrected chi connectivity index (χ4v) is 4.26. The first-order chi connectivity index (χ1) is 14.0. The van der Waals surface area contributed by atoms with Gasteiger partial charge in [0.2, 0.25) is 11.8 Å². The molecule has 3 heterocycles. The molecule has 6 nitrogen and oxygen atoms in total. The zero-order valence-electron chi connectivity index (χ0n) is 16.0. The van der Waals surface area contributed by atoms with Crippen molar-refractivity contribution >= 4 is 11.6 Å². The van der Waals surface area contributed by atoms with Crippen LogP contribution in [-0.2, 0) is 11.2 Å². The maximum Gasteiger partial charge on any atom is 0.408 e. The SMILES string of the molecule is N[C@H](c1cn2nc(C[C@H]3C[C@@H](C(F)(F)F)NC3=O)ccc2n1)C1CCC(F)(F)CC1. The Morgan fingerprint density at radius 1 is 1.27 bits per heavy atom. The van der Waals surface area contributed by atoms with Gasteiger partial charge in [0, 0.05) is 25.2 Å². The number of nitrogens with zero attached hydrogens (tertiary/aromatic N) is 3. The third kappa shape index (κ3) is 4.26. The van der Waals surface area contributed by atoms with Crippen molar-refractivity contribution in [3.63, 3.8) is 0 Å². The van der Waals surface area contributed by atoms with Crippen LogP contribution in [0.1, 0.15) is 49.5 Å². The molecule has 0 aromatic carbocycles. The molecule has 2 fully saturated rings. The van der Waals surface area contributed by atoms with E-state index in [4.69, 9.17) is 5.73 Å². The summed E-state index contributed by atoms with van der Waals surface area (Å²) in [6, 6.07) is 0.938. The van der Waals surface area contributed by atoms with Gasteiger partial charge in [-0.15, -0.1) is 0 Å². The molecule has 2 aromatic heterocycles. The first kappa shape index (κ1) is 21.0. The van der Waals surface area contributed by atoms with Crippen LogP contribution in [0.5, 0.6) is 0 Å². The Bertz CT molecular complexity index is 933. The molecule has 2 aromatic rings. The summed E-state index contributed by atoms with van der Waals surface area (Å²) in [4.78, 5) is 16.3. The van der Waals surface area contributed by atoms with Gasteiger partial charge in [-0.05, 0) is 37.3 Å². The lowest BCUT2D eigenvalue weighted by Gasteiger charge is -2.31. The second-order valence-electron chi connectivity index (χ2n) is 8.25. The normalized spacial score (nSPS) is 26.1. The second-order valence-corrected chi connectivity index (χ2v) is 8.25. The maximum atomic E-state index is 13.4. The molecular weight excluding hydrogens is 409 g/mol. The molecule has 0 bridgehead atoms. The number of aromatic nitrogens is 3. The Morgan fingerprint density at radius 3 is 2.60 bits per heavy atom. The molecule has 4 rings (SSSR count). The number of carbonyl (C=O) groups is 1. The number of hydrogen-bond donors (Lipinski definition) is 2. The zero-order valence-corrected chi connectivity index (χ0v) is 16.0. The van der Waals surface area contributed by atoms with Gasteiger partial charge in [0.15, 0.2) is 5.65 Å². The Kier molecular flexibility index (Phi) is 5.19. The summed E-state index contributed by atoms with van der Waals surface area (Å²) in [5.41, 5.74) is 7.74. The van der Waals surface area contributed by atoms with Crippen LogP contribution in [0.25, 0.3) is 5.65 Å². The molecule has 1 saturated heterocycles. The van der Waals surface area contributed by atoms with Crippen molar-refractivity contribution < 1.29 is 26.7 Å². The van der Waals surface area contributed by atoms with Crippen molar-refractivity contribution in [1.82, 2.24) is 19.9 Å². The topological polar surface area (TPSA) is 85.3 Å². The second kappa shape index (κ2) is 7.44. The van der Waals surface area contributed by atoms with Crippen LogP contribution in [0.2, 0.25) is 0 Å². The first-order valence-corrected chi connectivity index (χ1v) is 9.87. The van der Waals surface area contributed by atoms with Crippen LogP contribution in [0.3, 0.4) is 0 Å². The number of rotatable bonds is 4. The molecule has 164 valence electrons.